The van der Waals surface area contributed by atoms with Crippen molar-refractivity contribution in [2.75, 3.05) is 13.1 Å². The number of hydrogen-bond acceptors (Lipinski definition) is 2. The van der Waals surface area contributed by atoms with Gasteiger partial charge in [0.25, 0.3) is 0 Å². The Morgan fingerprint density at radius 3 is 2.62 bits per heavy atom. The van der Waals surface area contributed by atoms with Crippen LogP contribution in [0.2, 0.25) is 5.02 Å². The smallest absolute Gasteiger partial charge is 0.127 e. The number of halogens is 1. The van der Waals surface area contributed by atoms with E-state index in [0.717, 1.165) is 47.5 Å². The molecular weight excluding hydrogens is 282 g/mol. The van der Waals surface area contributed by atoms with Crippen molar-refractivity contribution in [2.45, 2.75) is 39.2 Å². The Morgan fingerprint density at radius 2 is 1.86 bits per heavy atom. The van der Waals surface area contributed by atoms with Crippen molar-refractivity contribution in [2.24, 2.45) is 0 Å². The average molecular weight is 306 g/mol. The first kappa shape index (κ1) is 16.1. The molecule has 0 spiro atoms. The second kappa shape index (κ2) is 8.26. The number of hydrogen-bond donors (Lipinski definition) is 1. The van der Waals surface area contributed by atoms with Gasteiger partial charge in [-0.3, -0.25) is 0 Å². The van der Waals surface area contributed by atoms with Gasteiger partial charge in [0.2, 0.25) is 0 Å². The maximum absolute atomic E-state index is 6.23. The molecule has 3 heteroatoms. The fraction of sp³-hybridized carbons (Fsp3) is 0.444. The fourth-order valence-corrected chi connectivity index (χ4v) is 2.66. The lowest BCUT2D eigenvalue weighted by Gasteiger charge is -2.17. The van der Waals surface area contributed by atoms with Crippen molar-refractivity contribution >= 4 is 22.4 Å². The van der Waals surface area contributed by atoms with Crippen molar-refractivity contribution < 1.29 is 4.74 Å². The molecule has 2 aromatic rings. The number of nitrogens with one attached hydrogen (secondary N) is 1. The highest BCUT2D eigenvalue weighted by Crippen LogP contribution is 2.32. The van der Waals surface area contributed by atoms with E-state index in [1.54, 1.807) is 0 Å². The first-order valence-corrected chi connectivity index (χ1v) is 8.14. The van der Waals surface area contributed by atoms with Gasteiger partial charge in [-0.05, 0) is 51.4 Å². The van der Waals surface area contributed by atoms with Crippen LogP contribution in [0.3, 0.4) is 0 Å². The summed E-state index contributed by atoms with van der Waals surface area (Å²) < 4.78 is 6.10. The first-order valence-electron chi connectivity index (χ1n) is 7.77. The summed E-state index contributed by atoms with van der Waals surface area (Å²) in [7, 11) is 0. The van der Waals surface area contributed by atoms with E-state index in [-0.39, 0.29) is 6.10 Å². The molecule has 2 rings (SSSR count). The van der Waals surface area contributed by atoms with Crippen LogP contribution in [0.25, 0.3) is 10.8 Å². The Balaban J connectivity index is 1.95. The van der Waals surface area contributed by atoms with Gasteiger partial charge in [0.05, 0.1) is 6.10 Å². The summed E-state index contributed by atoms with van der Waals surface area (Å²) in [4.78, 5) is 0. The Hall–Kier alpha value is -1.25. The molecule has 0 aliphatic carbocycles. The van der Waals surface area contributed by atoms with Crippen LogP contribution in [0.15, 0.2) is 36.4 Å². The van der Waals surface area contributed by atoms with Crippen molar-refractivity contribution in [3.05, 3.63) is 41.4 Å². The van der Waals surface area contributed by atoms with Crippen molar-refractivity contribution in [1.82, 2.24) is 5.32 Å². The minimum atomic E-state index is 0.206. The fourth-order valence-electron chi connectivity index (χ4n) is 2.43. The second-order valence-electron chi connectivity index (χ2n) is 5.41. The predicted octanol–water partition coefficient (Wildman–Crippen LogP) is 5.04. The Bertz CT molecular complexity index is 570. The summed E-state index contributed by atoms with van der Waals surface area (Å²) in [5, 5.41) is 6.32. The van der Waals surface area contributed by atoms with E-state index >= 15 is 0 Å². The summed E-state index contributed by atoms with van der Waals surface area (Å²) >= 11 is 6.23. The molecule has 0 aliphatic heterocycles. The number of fused-ring (bicyclic) bond motifs is 1. The monoisotopic (exact) mass is 305 g/mol. The molecular formula is C18H24ClNO. The summed E-state index contributed by atoms with van der Waals surface area (Å²) in [5.74, 6) is 0.920. The van der Waals surface area contributed by atoms with Crippen LogP contribution < -0.4 is 10.1 Å². The van der Waals surface area contributed by atoms with Crippen LogP contribution in [0.4, 0.5) is 0 Å². The quantitative estimate of drug-likeness (QED) is 0.690. The van der Waals surface area contributed by atoms with Crippen LogP contribution in [0.1, 0.15) is 33.1 Å². The molecule has 21 heavy (non-hydrogen) atoms. The summed E-state index contributed by atoms with van der Waals surface area (Å²) in [6.07, 6.45) is 3.57. The number of ether oxygens (including phenoxy) is 1. The SMILES string of the molecule is CCCNCCCC(C)Oc1ccc(Cl)c2ccccc12. The lowest BCUT2D eigenvalue weighted by molar-refractivity contribution is 0.210. The highest BCUT2D eigenvalue weighted by molar-refractivity contribution is 6.35. The Labute approximate surface area is 132 Å². The standard InChI is InChI=1S/C18H24ClNO/c1-3-12-20-13-6-7-14(2)21-18-11-10-17(19)15-8-4-5-9-16(15)18/h4-5,8-11,14,20H,3,6-7,12-13H2,1-2H3. The third-order valence-electron chi connectivity index (χ3n) is 3.55. The zero-order valence-corrected chi connectivity index (χ0v) is 13.6. The summed E-state index contributed by atoms with van der Waals surface area (Å²) in [6.45, 7) is 6.47. The van der Waals surface area contributed by atoms with E-state index < -0.39 is 0 Å². The zero-order chi connectivity index (χ0) is 15.1. The van der Waals surface area contributed by atoms with E-state index in [9.17, 15) is 0 Å². The molecule has 0 amide bonds. The molecule has 1 N–H and O–H groups in total. The Morgan fingerprint density at radius 1 is 1.10 bits per heavy atom. The van der Waals surface area contributed by atoms with E-state index in [1.165, 1.54) is 6.42 Å². The van der Waals surface area contributed by atoms with Gasteiger partial charge in [0.1, 0.15) is 5.75 Å². The molecule has 2 aromatic carbocycles. The van der Waals surface area contributed by atoms with Crippen LogP contribution >= 0.6 is 11.6 Å². The molecule has 0 aromatic heterocycles. The minimum absolute atomic E-state index is 0.206. The van der Waals surface area contributed by atoms with Gasteiger partial charge in [-0.2, -0.15) is 0 Å². The van der Waals surface area contributed by atoms with Gasteiger partial charge in [0.15, 0.2) is 0 Å². The lowest BCUT2D eigenvalue weighted by atomic mass is 10.1. The second-order valence-corrected chi connectivity index (χ2v) is 5.82. The third kappa shape index (κ3) is 4.62. The maximum Gasteiger partial charge on any atom is 0.127 e. The normalized spacial score (nSPS) is 12.5. The molecule has 0 aliphatic rings. The molecule has 0 bridgehead atoms. The van der Waals surface area contributed by atoms with E-state index in [0.29, 0.717) is 0 Å². The first-order chi connectivity index (χ1) is 10.2. The van der Waals surface area contributed by atoms with Crippen LogP contribution in [0, 0.1) is 0 Å². The summed E-state index contributed by atoms with van der Waals surface area (Å²) in [6, 6.07) is 12.0. The molecule has 0 fully saturated rings. The van der Waals surface area contributed by atoms with Gasteiger partial charge in [-0.15, -0.1) is 0 Å². The highest BCUT2D eigenvalue weighted by Gasteiger charge is 2.09. The number of benzene rings is 2. The van der Waals surface area contributed by atoms with Gasteiger partial charge in [-0.25, -0.2) is 0 Å². The third-order valence-corrected chi connectivity index (χ3v) is 3.88. The van der Waals surface area contributed by atoms with Crippen LogP contribution in [0.5, 0.6) is 5.75 Å². The van der Waals surface area contributed by atoms with Gasteiger partial charge in [-0.1, -0.05) is 42.8 Å². The van der Waals surface area contributed by atoms with Gasteiger partial charge in [0, 0.05) is 15.8 Å². The van der Waals surface area contributed by atoms with E-state index in [4.69, 9.17) is 16.3 Å². The lowest BCUT2D eigenvalue weighted by Crippen LogP contribution is -2.19. The molecule has 0 saturated heterocycles. The van der Waals surface area contributed by atoms with E-state index in [1.807, 2.05) is 30.3 Å². The molecule has 0 saturated carbocycles. The molecule has 1 atom stereocenters. The van der Waals surface area contributed by atoms with E-state index in [2.05, 4.69) is 25.2 Å². The predicted molar refractivity (Wildman–Crippen MR) is 91.4 cm³/mol. The largest absolute Gasteiger partial charge is 0.490 e. The maximum atomic E-state index is 6.23. The molecule has 0 radical (unpaired) electrons. The summed E-state index contributed by atoms with van der Waals surface area (Å²) in [5.41, 5.74) is 0. The van der Waals surface area contributed by atoms with Crippen molar-refractivity contribution in [1.29, 1.82) is 0 Å². The minimum Gasteiger partial charge on any atom is -0.490 e. The number of rotatable bonds is 8. The molecule has 1 unspecified atom stereocenters. The van der Waals surface area contributed by atoms with Gasteiger partial charge < -0.3 is 10.1 Å². The van der Waals surface area contributed by atoms with Crippen molar-refractivity contribution in [3.8, 4) is 5.75 Å². The topological polar surface area (TPSA) is 21.3 Å². The molecule has 114 valence electrons. The molecule has 0 heterocycles. The Kier molecular flexibility index (Phi) is 6.34. The van der Waals surface area contributed by atoms with Crippen molar-refractivity contribution in [3.63, 3.8) is 0 Å². The highest BCUT2D eigenvalue weighted by atomic mass is 35.5. The average Bonchev–Trinajstić information content (AvgIpc) is 2.50. The van der Waals surface area contributed by atoms with Crippen LogP contribution in [-0.2, 0) is 0 Å². The molecule has 2 nitrogen and oxygen atoms in total. The van der Waals surface area contributed by atoms with Crippen LogP contribution in [-0.4, -0.2) is 19.2 Å². The zero-order valence-electron chi connectivity index (χ0n) is 12.9. The van der Waals surface area contributed by atoms with Gasteiger partial charge >= 0.3 is 0 Å².